The predicted molar refractivity (Wildman–Crippen MR) is 111 cm³/mol. The van der Waals surface area contributed by atoms with Crippen molar-refractivity contribution >= 4 is 27.8 Å². The van der Waals surface area contributed by atoms with Gasteiger partial charge in [0.25, 0.3) is 5.91 Å². The van der Waals surface area contributed by atoms with Gasteiger partial charge in [-0.3, -0.25) is 9.79 Å². The lowest BCUT2D eigenvalue weighted by atomic mass is 9.87. The number of aliphatic imine (C=N–C) groups is 1. The Hall–Kier alpha value is -1.60. The summed E-state index contributed by atoms with van der Waals surface area (Å²) in [6.45, 7) is 8.10. The number of rotatable bonds is 6. The summed E-state index contributed by atoms with van der Waals surface area (Å²) in [5.41, 5.74) is 0.996. The van der Waals surface area contributed by atoms with Crippen molar-refractivity contribution in [2.75, 3.05) is 45.9 Å². The molecule has 0 radical (unpaired) electrons. The minimum Gasteiger partial charge on any atom is -0.381 e. The first-order valence-electron chi connectivity index (χ1n) is 9.77. The van der Waals surface area contributed by atoms with Gasteiger partial charge in [0, 0.05) is 54.8 Å². The fourth-order valence-corrected chi connectivity index (χ4v) is 4.11. The number of guanidine groups is 1. The van der Waals surface area contributed by atoms with Crippen LogP contribution in [0.4, 0.5) is 0 Å². The first kappa shape index (κ1) is 20.1. The van der Waals surface area contributed by atoms with E-state index in [-0.39, 0.29) is 5.91 Å². The van der Waals surface area contributed by atoms with Crippen molar-refractivity contribution in [2.24, 2.45) is 10.4 Å². The van der Waals surface area contributed by atoms with Gasteiger partial charge in [-0.15, -0.1) is 0 Å². The summed E-state index contributed by atoms with van der Waals surface area (Å²) in [6, 6.07) is 7.42. The summed E-state index contributed by atoms with van der Waals surface area (Å²) < 4.78 is 6.53. The van der Waals surface area contributed by atoms with Gasteiger partial charge < -0.3 is 20.3 Å². The molecule has 1 amide bonds. The number of carbonyl (C=O) groups excluding carboxylic acids is 1. The largest absolute Gasteiger partial charge is 0.381 e. The Morgan fingerprint density at radius 1 is 1.37 bits per heavy atom. The predicted octanol–water partition coefficient (Wildman–Crippen LogP) is 2.65. The molecular formula is C20H29BrN4O2. The third-order valence-electron chi connectivity index (χ3n) is 5.23. The molecule has 2 fully saturated rings. The van der Waals surface area contributed by atoms with E-state index in [4.69, 9.17) is 9.73 Å². The maximum atomic E-state index is 12.1. The normalized spacial score (nSPS) is 22.4. The number of amides is 1. The highest BCUT2D eigenvalue weighted by atomic mass is 79.9. The molecule has 1 aromatic carbocycles. The Kier molecular flexibility index (Phi) is 7.13. The molecule has 148 valence electrons. The second-order valence-corrected chi connectivity index (χ2v) is 8.25. The molecule has 0 bridgehead atoms. The van der Waals surface area contributed by atoms with Crippen LogP contribution in [0.1, 0.15) is 36.5 Å². The molecule has 2 aliphatic rings. The number of nitrogens with one attached hydrogen (secondary N) is 2. The second-order valence-electron chi connectivity index (χ2n) is 7.33. The Balaban J connectivity index is 1.44. The van der Waals surface area contributed by atoms with Gasteiger partial charge in [-0.2, -0.15) is 0 Å². The maximum Gasteiger partial charge on any atom is 0.251 e. The molecule has 0 aromatic heterocycles. The third-order valence-corrected chi connectivity index (χ3v) is 5.72. The maximum absolute atomic E-state index is 12.1. The highest BCUT2D eigenvalue weighted by molar-refractivity contribution is 9.10. The highest BCUT2D eigenvalue weighted by Gasteiger charge is 2.42. The average molecular weight is 437 g/mol. The molecule has 2 aliphatic heterocycles. The third kappa shape index (κ3) is 5.45. The van der Waals surface area contributed by atoms with E-state index in [0.717, 1.165) is 56.1 Å². The molecule has 1 unspecified atom stereocenters. The van der Waals surface area contributed by atoms with E-state index < -0.39 is 0 Å². The number of likely N-dealkylation sites (tertiary alicyclic amines) is 1. The monoisotopic (exact) mass is 436 g/mol. The Bertz CT molecular complexity index is 674. The second kappa shape index (κ2) is 9.55. The molecule has 1 spiro atoms. The lowest BCUT2D eigenvalue weighted by Gasteiger charge is -2.25. The molecule has 0 aliphatic carbocycles. The van der Waals surface area contributed by atoms with Crippen LogP contribution in [0.5, 0.6) is 0 Å². The van der Waals surface area contributed by atoms with E-state index in [1.165, 1.54) is 6.42 Å². The number of ether oxygens (including phenoxy) is 1. The zero-order valence-electron chi connectivity index (χ0n) is 16.0. The summed E-state index contributed by atoms with van der Waals surface area (Å²) in [4.78, 5) is 19.3. The summed E-state index contributed by atoms with van der Waals surface area (Å²) in [6.07, 6.45) is 3.15. The first-order chi connectivity index (χ1) is 13.1. The number of benzene rings is 1. The van der Waals surface area contributed by atoms with E-state index in [9.17, 15) is 4.79 Å². The van der Waals surface area contributed by atoms with Crippen LogP contribution in [0.15, 0.2) is 33.7 Å². The molecule has 6 nitrogen and oxygen atoms in total. The van der Waals surface area contributed by atoms with Crippen molar-refractivity contribution < 1.29 is 9.53 Å². The highest BCUT2D eigenvalue weighted by Crippen LogP contribution is 2.38. The molecule has 1 aromatic rings. The molecule has 2 heterocycles. The van der Waals surface area contributed by atoms with Crippen LogP contribution in [-0.4, -0.2) is 62.7 Å². The minimum atomic E-state index is -0.0464. The molecule has 7 heteroatoms. The van der Waals surface area contributed by atoms with Gasteiger partial charge in [-0.05, 0) is 44.4 Å². The molecule has 27 heavy (non-hydrogen) atoms. The van der Waals surface area contributed by atoms with Crippen LogP contribution < -0.4 is 10.6 Å². The van der Waals surface area contributed by atoms with Crippen LogP contribution in [0.3, 0.4) is 0 Å². The fraction of sp³-hybridized carbons (Fsp3) is 0.600. The van der Waals surface area contributed by atoms with Gasteiger partial charge in [0.05, 0.1) is 6.61 Å². The Morgan fingerprint density at radius 2 is 2.26 bits per heavy atom. The zero-order chi connectivity index (χ0) is 19.1. The molecule has 1 atom stereocenters. The number of hydrogen-bond donors (Lipinski definition) is 2. The molecule has 3 rings (SSSR count). The number of nitrogens with zero attached hydrogens (tertiary/aromatic N) is 2. The van der Waals surface area contributed by atoms with E-state index in [1.54, 1.807) is 0 Å². The lowest BCUT2D eigenvalue weighted by Crippen LogP contribution is -2.41. The number of carbonyl (C=O) groups is 1. The van der Waals surface area contributed by atoms with Gasteiger partial charge in [0.2, 0.25) is 0 Å². The van der Waals surface area contributed by atoms with Crippen LogP contribution in [0, 0.1) is 5.41 Å². The molecule has 0 saturated carbocycles. The van der Waals surface area contributed by atoms with Crippen LogP contribution >= 0.6 is 15.9 Å². The summed E-state index contributed by atoms with van der Waals surface area (Å²) >= 11 is 3.39. The molecule has 2 N–H and O–H groups in total. The quantitative estimate of drug-likeness (QED) is 0.408. The van der Waals surface area contributed by atoms with Crippen molar-refractivity contribution in [3.05, 3.63) is 34.3 Å². The summed E-state index contributed by atoms with van der Waals surface area (Å²) in [5, 5.41) is 6.37. The smallest absolute Gasteiger partial charge is 0.251 e. The topological polar surface area (TPSA) is 66.0 Å². The SMILES string of the molecule is CCNC(=NCCCNC(=O)c1cccc(Br)c1)N1CCC2(CCOC2)C1. The van der Waals surface area contributed by atoms with Gasteiger partial charge in [0.15, 0.2) is 5.96 Å². The molecule has 2 saturated heterocycles. The average Bonchev–Trinajstić information content (AvgIpc) is 3.30. The fourth-order valence-electron chi connectivity index (χ4n) is 3.71. The van der Waals surface area contributed by atoms with E-state index in [2.05, 4.69) is 38.4 Å². The van der Waals surface area contributed by atoms with Gasteiger partial charge in [-0.25, -0.2) is 0 Å². The van der Waals surface area contributed by atoms with Crippen molar-refractivity contribution in [1.82, 2.24) is 15.5 Å². The van der Waals surface area contributed by atoms with Gasteiger partial charge >= 0.3 is 0 Å². The van der Waals surface area contributed by atoms with Gasteiger partial charge in [0.1, 0.15) is 0 Å². The number of halogens is 1. The van der Waals surface area contributed by atoms with Gasteiger partial charge in [-0.1, -0.05) is 22.0 Å². The van der Waals surface area contributed by atoms with Crippen LogP contribution in [0.25, 0.3) is 0 Å². The molecular weight excluding hydrogens is 408 g/mol. The zero-order valence-corrected chi connectivity index (χ0v) is 17.6. The number of hydrogen-bond acceptors (Lipinski definition) is 3. The van der Waals surface area contributed by atoms with E-state index >= 15 is 0 Å². The van der Waals surface area contributed by atoms with Crippen molar-refractivity contribution in [1.29, 1.82) is 0 Å². The Labute approximate surface area is 169 Å². The van der Waals surface area contributed by atoms with Crippen LogP contribution in [0.2, 0.25) is 0 Å². The van der Waals surface area contributed by atoms with E-state index in [0.29, 0.717) is 24.1 Å². The summed E-state index contributed by atoms with van der Waals surface area (Å²) in [7, 11) is 0. The summed E-state index contributed by atoms with van der Waals surface area (Å²) in [5.74, 6) is 0.939. The van der Waals surface area contributed by atoms with Crippen molar-refractivity contribution in [3.8, 4) is 0 Å². The van der Waals surface area contributed by atoms with Crippen molar-refractivity contribution in [2.45, 2.75) is 26.2 Å². The van der Waals surface area contributed by atoms with Crippen LogP contribution in [-0.2, 0) is 4.74 Å². The van der Waals surface area contributed by atoms with Crippen molar-refractivity contribution in [3.63, 3.8) is 0 Å². The Morgan fingerprint density at radius 3 is 3.00 bits per heavy atom. The lowest BCUT2D eigenvalue weighted by molar-refractivity contribution is 0.0953. The minimum absolute atomic E-state index is 0.0464. The van der Waals surface area contributed by atoms with E-state index in [1.807, 2.05) is 24.3 Å². The first-order valence-corrected chi connectivity index (χ1v) is 10.6. The standard InChI is InChI=1S/C20H29BrN4O2/c1-2-22-19(25-11-7-20(14-25)8-12-27-15-20)24-10-4-9-23-18(26)16-5-3-6-17(21)13-16/h3,5-6,13H,2,4,7-12,14-15H2,1H3,(H,22,24)(H,23,26).